The fraction of sp³-hybridized carbons (Fsp3) is 0.190. The summed E-state index contributed by atoms with van der Waals surface area (Å²) in [5.74, 6) is -0.787. The predicted octanol–water partition coefficient (Wildman–Crippen LogP) is 3.94. The highest BCUT2D eigenvalue weighted by atomic mass is 32.2. The van der Waals surface area contributed by atoms with Crippen molar-refractivity contribution in [2.24, 2.45) is 0 Å². The van der Waals surface area contributed by atoms with Gasteiger partial charge in [-0.25, -0.2) is 17.2 Å². The van der Waals surface area contributed by atoms with E-state index in [9.17, 15) is 18.3 Å². The Balaban J connectivity index is 2.27. The number of carbonyl (C=O) groups excluding carboxylic acids is 1. The highest BCUT2D eigenvalue weighted by Gasteiger charge is 2.32. The monoisotopic (exact) mass is 399 g/mol. The molecule has 0 saturated carbocycles. The Kier molecular flexibility index (Phi) is 5.29. The first-order valence-corrected chi connectivity index (χ1v) is 10.2. The molecule has 0 radical (unpaired) electrons. The Bertz CT molecular complexity index is 1140. The number of aryl methyl sites for hydroxylation is 1. The molecular weight excluding hydrogens is 378 g/mol. The number of hydrogen-bond acceptors (Lipinski definition) is 5. The largest absolute Gasteiger partial charge is 0.508 e. The van der Waals surface area contributed by atoms with E-state index in [1.54, 1.807) is 19.1 Å². The van der Waals surface area contributed by atoms with Gasteiger partial charge in [-0.2, -0.15) is 0 Å². The van der Waals surface area contributed by atoms with Crippen LogP contribution in [0, 0.1) is 6.92 Å². The SMILES string of the molecule is C=CC(c1ccc(C)cc1)S(=O)(=O)n1c(C(=O)OCC)cc2cc(O)ccc21. The lowest BCUT2D eigenvalue weighted by Crippen LogP contribution is -2.24. The Morgan fingerprint density at radius 3 is 2.50 bits per heavy atom. The zero-order chi connectivity index (χ0) is 20.5. The van der Waals surface area contributed by atoms with Crippen molar-refractivity contribution in [3.8, 4) is 5.75 Å². The molecule has 1 unspecified atom stereocenters. The minimum atomic E-state index is -4.09. The second kappa shape index (κ2) is 7.52. The standard InChI is InChI=1S/C21H21NO5S/c1-4-20(15-8-6-14(3)7-9-15)28(25,26)22-18-11-10-17(23)12-16(18)13-19(22)21(24)27-5-2/h4,6-13,20,23H,1,5H2,2-3H3. The number of phenolic OH excluding ortho intramolecular Hbond substituents is 1. The summed E-state index contributed by atoms with van der Waals surface area (Å²) in [5, 5.41) is 9.09. The number of fused-ring (bicyclic) bond motifs is 1. The third-order valence-corrected chi connectivity index (χ3v) is 6.43. The van der Waals surface area contributed by atoms with Crippen LogP contribution in [0.1, 0.15) is 33.8 Å². The molecule has 146 valence electrons. The molecule has 2 aromatic carbocycles. The van der Waals surface area contributed by atoms with Crippen molar-refractivity contribution < 1.29 is 23.1 Å². The molecule has 0 spiro atoms. The van der Waals surface area contributed by atoms with Gasteiger partial charge in [0.25, 0.3) is 0 Å². The van der Waals surface area contributed by atoms with Gasteiger partial charge < -0.3 is 9.84 Å². The Morgan fingerprint density at radius 2 is 1.89 bits per heavy atom. The lowest BCUT2D eigenvalue weighted by Gasteiger charge is -2.18. The second-order valence-corrected chi connectivity index (χ2v) is 8.27. The first-order chi connectivity index (χ1) is 13.3. The Morgan fingerprint density at radius 1 is 1.21 bits per heavy atom. The molecule has 0 amide bonds. The average Bonchev–Trinajstić information content (AvgIpc) is 3.03. The van der Waals surface area contributed by atoms with Crippen LogP contribution < -0.4 is 0 Å². The summed E-state index contributed by atoms with van der Waals surface area (Å²) in [6.07, 6.45) is 1.33. The fourth-order valence-electron chi connectivity index (χ4n) is 3.10. The average molecular weight is 399 g/mol. The topological polar surface area (TPSA) is 85.6 Å². The number of aromatic hydroxyl groups is 1. The van der Waals surface area contributed by atoms with E-state index in [2.05, 4.69) is 6.58 Å². The van der Waals surface area contributed by atoms with E-state index in [-0.39, 0.29) is 23.6 Å². The number of rotatable bonds is 6. The molecule has 3 rings (SSSR count). The third kappa shape index (κ3) is 3.41. The molecule has 1 heterocycles. The molecule has 0 aliphatic heterocycles. The Labute approximate surface area is 163 Å². The van der Waals surface area contributed by atoms with E-state index >= 15 is 0 Å². The first kappa shape index (κ1) is 19.7. The minimum Gasteiger partial charge on any atom is -0.508 e. The van der Waals surface area contributed by atoms with Crippen molar-refractivity contribution in [3.63, 3.8) is 0 Å². The van der Waals surface area contributed by atoms with E-state index in [0.29, 0.717) is 10.9 Å². The molecule has 1 aromatic heterocycles. The van der Waals surface area contributed by atoms with Gasteiger partial charge in [0.2, 0.25) is 10.0 Å². The predicted molar refractivity (Wildman–Crippen MR) is 108 cm³/mol. The highest BCUT2D eigenvalue weighted by molar-refractivity contribution is 7.90. The van der Waals surface area contributed by atoms with E-state index < -0.39 is 21.2 Å². The van der Waals surface area contributed by atoms with Gasteiger partial charge in [0.1, 0.15) is 16.7 Å². The summed E-state index contributed by atoms with van der Waals surface area (Å²) in [6, 6.07) is 12.7. The third-order valence-electron chi connectivity index (χ3n) is 4.42. The zero-order valence-electron chi connectivity index (χ0n) is 15.6. The summed E-state index contributed by atoms with van der Waals surface area (Å²) < 4.78 is 33.1. The van der Waals surface area contributed by atoms with Crippen LogP contribution in [0.4, 0.5) is 0 Å². The number of nitrogens with zero attached hydrogens (tertiary/aromatic N) is 1. The van der Waals surface area contributed by atoms with Gasteiger partial charge in [-0.15, -0.1) is 6.58 Å². The molecule has 1 N–H and O–H groups in total. The van der Waals surface area contributed by atoms with Crippen LogP contribution in [0.2, 0.25) is 0 Å². The van der Waals surface area contributed by atoms with E-state index in [1.165, 1.54) is 30.3 Å². The van der Waals surface area contributed by atoms with Gasteiger partial charge >= 0.3 is 5.97 Å². The maximum absolute atomic E-state index is 13.6. The summed E-state index contributed by atoms with van der Waals surface area (Å²) in [6.45, 7) is 7.35. The van der Waals surface area contributed by atoms with Gasteiger partial charge in [-0.05, 0) is 43.7 Å². The molecule has 7 heteroatoms. The van der Waals surface area contributed by atoms with E-state index in [4.69, 9.17) is 4.74 Å². The summed E-state index contributed by atoms with van der Waals surface area (Å²) in [4.78, 5) is 12.5. The van der Waals surface area contributed by atoms with Crippen molar-refractivity contribution in [1.82, 2.24) is 3.97 Å². The number of ether oxygens (including phenoxy) is 1. The van der Waals surface area contributed by atoms with Crippen LogP contribution in [-0.4, -0.2) is 30.1 Å². The molecule has 0 fully saturated rings. The van der Waals surface area contributed by atoms with Gasteiger partial charge in [-0.3, -0.25) is 0 Å². The molecule has 0 saturated heterocycles. The lowest BCUT2D eigenvalue weighted by atomic mass is 10.1. The number of carbonyl (C=O) groups is 1. The Hall–Kier alpha value is -3.06. The normalized spacial score (nSPS) is 12.6. The molecule has 0 aliphatic rings. The smallest absolute Gasteiger partial charge is 0.356 e. The fourth-order valence-corrected chi connectivity index (χ4v) is 4.91. The van der Waals surface area contributed by atoms with Gasteiger partial charge in [0, 0.05) is 5.39 Å². The molecule has 6 nitrogen and oxygen atoms in total. The van der Waals surface area contributed by atoms with Gasteiger partial charge in [-0.1, -0.05) is 35.9 Å². The molecule has 0 bridgehead atoms. The maximum Gasteiger partial charge on any atom is 0.356 e. The quantitative estimate of drug-likeness (QED) is 0.501. The van der Waals surface area contributed by atoms with Crippen molar-refractivity contribution >= 4 is 26.9 Å². The summed E-state index contributed by atoms with van der Waals surface area (Å²) >= 11 is 0. The second-order valence-electron chi connectivity index (χ2n) is 6.37. The van der Waals surface area contributed by atoms with E-state index in [0.717, 1.165) is 9.54 Å². The zero-order valence-corrected chi connectivity index (χ0v) is 16.4. The van der Waals surface area contributed by atoms with Crippen LogP contribution in [0.3, 0.4) is 0 Å². The molecular formula is C21H21NO5S. The lowest BCUT2D eigenvalue weighted by molar-refractivity contribution is 0.0518. The van der Waals surface area contributed by atoms with Crippen LogP contribution in [-0.2, 0) is 14.8 Å². The van der Waals surface area contributed by atoms with Gasteiger partial charge in [0.05, 0.1) is 12.1 Å². The van der Waals surface area contributed by atoms with Crippen molar-refractivity contribution in [1.29, 1.82) is 0 Å². The summed E-state index contributed by atoms with van der Waals surface area (Å²) in [7, 11) is -4.09. The summed E-state index contributed by atoms with van der Waals surface area (Å²) in [5.41, 5.74) is 1.69. The van der Waals surface area contributed by atoms with Crippen LogP contribution in [0.5, 0.6) is 5.75 Å². The van der Waals surface area contributed by atoms with Crippen molar-refractivity contribution in [3.05, 3.63) is 78.0 Å². The number of aromatic nitrogens is 1. The molecule has 3 aromatic rings. The first-order valence-electron chi connectivity index (χ1n) is 8.74. The number of benzene rings is 2. The van der Waals surface area contributed by atoms with Crippen LogP contribution in [0.25, 0.3) is 10.9 Å². The van der Waals surface area contributed by atoms with Crippen molar-refractivity contribution in [2.75, 3.05) is 6.61 Å². The molecule has 1 atom stereocenters. The highest BCUT2D eigenvalue weighted by Crippen LogP contribution is 2.32. The van der Waals surface area contributed by atoms with Crippen LogP contribution in [0.15, 0.2) is 61.2 Å². The minimum absolute atomic E-state index is 0.0312. The number of hydrogen-bond donors (Lipinski definition) is 1. The number of esters is 1. The van der Waals surface area contributed by atoms with Crippen molar-refractivity contribution in [2.45, 2.75) is 19.1 Å². The number of phenols is 1. The van der Waals surface area contributed by atoms with Crippen LogP contribution >= 0.6 is 0 Å². The maximum atomic E-state index is 13.6. The van der Waals surface area contributed by atoms with E-state index in [1.807, 2.05) is 19.1 Å². The van der Waals surface area contributed by atoms with Gasteiger partial charge in [0.15, 0.2) is 0 Å². The molecule has 0 aliphatic carbocycles. The molecule has 28 heavy (non-hydrogen) atoms.